The third-order valence-electron chi connectivity index (χ3n) is 5.99. The molecule has 0 saturated carbocycles. The molecule has 34 heavy (non-hydrogen) atoms. The zero-order chi connectivity index (χ0) is 24.5. The van der Waals surface area contributed by atoms with Crippen molar-refractivity contribution in [2.45, 2.75) is 31.7 Å². The van der Waals surface area contributed by atoms with E-state index in [2.05, 4.69) is 46.7 Å². The predicted octanol–water partition coefficient (Wildman–Crippen LogP) is 3.91. The lowest BCUT2D eigenvalue weighted by atomic mass is 10.1. The number of sulfonamides is 1. The molecule has 2 N–H and O–H groups in total. The number of nitrogens with one attached hydrogen (secondary N) is 1. The van der Waals surface area contributed by atoms with Crippen molar-refractivity contribution in [2.24, 2.45) is 0 Å². The average molecular weight is 481 g/mol. The normalized spacial score (nSPS) is 16.4. The maximum atomic E-state index is 12.8. The Labute approximate surface area is 199 Å². The van der Waals surface area contributed by atoms with Gasteiger partial charge in [-0.3, -0.25) is 4.72 Å². The molecule has 0 aliphatic carbocycles. The first-order chi connectivity index (χ1) is 16.2. The van der Waals surface area contributed by atoms with Gasteiger partial charge in [-0.25, -0.2) is 18.2 Å². The van der Waals surface area contributed by atoms with Crippen LogP contribution in [0.1, 0.15) is 28.4 Å². The minimum absolute atomic E-state index is 0.0406. The summed E-state index contributed by atoms with van der Waals surface area (Å²) in [5, 5.41) is 9.85. The molecule has 1 aromatic heterocycles. The Morgan fingerprint density at radius 3 is 2.53 bits per heavy atom. The molecule has 8 nitrogen and oxygen atoms in total. The van der Waals surface area contributed by atoms with Crippen molar-refractivity contribution in [2.75, 3.05) is 34.2 Å². The van der Waals surface area contributed by atoms with E-state index in [4.69, 9.17) is 0 Å². The fourth-order valence-electron chi connectivity index (χ4n) is 4.33. The van der Waals surface area contributed by atoms with Crippen LogP contribution >= 0.6 is 0 Å². The zero-order valence-corrected chi connectivity index (χ0v) is 20.2. The van der Waals surface area contributed by atoms with E-state index >= 15 is 0 Å². The zero-order valence-electron chi connectivity index (χ0n) is 19.4. The third kappa shape index (κ3) is 4.84. The molecule has 1 aliphatic heterocycles. The van der Waals surface area contributed by atoms with Crippen LogP contribution in [0.4, 0.5) is 17.2 Å². The van der Waals surface area contributed by atoms with E-state index in [1.807, 2.05) is 11.0 Å². The largest absolute Gasteiger partial charge is 0.478 e. The smallest absolute Gasteiger partial charge is 0.339 e. The molecule has 3 aromatic rings. The molecule has 2 heterocycles. The number of carbonyl (C=O) groups is 1. The molecule has 1 aliphatic rings. The highest BCUT2D eigenvalue weighted by Gasteiger charge is 2.28. The summed E-state index contributed by atoms with van der Waals surface area (Å²) in [5.74, 6) is -0.824. The Morgan fingerprint density at radius 1 is 1.09 bits per heavy atom. The number of benzene rings is 2. The SMILES string of the molecule is Cc1cccc(N2CCN(c3ncc(NS(=O)(=O)c4ccccc4C)cc3C(=O)O)C[C@@H]2C)c1. The second-order valence-corrected chi connectivity index (χ2v) is 10.2. The number of aryl methyl sites for hydroxylation is 2. The van der Waals surface area contributed by atoms with Gasteiger partial charge in [-0.2, -0.15) is 0 Å². The maximum Gasteiger partial charge on any atom is 0.339 e. The van der Waals surface area contributed by atoms with Crippen LogP contribution in [0.25, 0.3) is 0 Å². The molecule has 0 radical (unpaired) electrons. The van der Waals surface area contributed by atoms with Gasteiger partial charge in [0, 0.05) is 31.4 Å². The molecule has 4 rings (SSSR count). The number of aromatic carboxylic acids is 1. The number of carboxylic acid groups (broad SMARTS) is 1. The van der Waals surface area contributed by atoms with E-state index < -0.39 is 16.0 Å². The number of nitrogens with zero attached hydrogens (tertiary/aromatic N) is 3. The summed E-state index contributed by atoms with van der Waals surface area (Å²) in [5.41, 5.74) is 2.99. The second kappa shape index (κ2) is 9.34. The summed E-state index contributed by atoms with van der Waals surface area (Å²) in [7, 11) is -3.88. The Hall–Kier alpha value is -3.59. The number of aromatic nitrogens is 1. The van der Waals surface area contributed by atoms with Crippen LogP contribution in [-0.2, 0) is 10.0 Å². The van der Waals surface area contributed by atoms with Gasteiger partial charge in [0.2, 0.25) is 0 Å². The summed E-state index contributed by atoms with van der Waals surface area (Å²) in [6.45, 7) is 7.76. The molecule has 1 saturated heterocycles. The van der Waals surface area contributed by atoms with E-state index in [1.54, 1.807) is 25.1 Å². The molecular weight excluding hydrogens is 452 g/mol. The van der Waals surface area contributed by atoms with Gasteiger partial charge in [-0.15, -0.1) is 0 Å². The summed E-state index contributed by atoms with van der Waals surface area (Å²) >= 11 is 0. The summed E-state index contributed by atoms with van der Waals surface area (Å²) in [4.78, 5) is 20.8. The summed E-state index contributed by atoms with van der Waals surface area (Å²) in [6, 6.07) is 16.4. The van der Waals surface area contributed by atoms with Crippen molar-refractivity contribution >= 4 is 33.2 Å². The van der Waals surface area contributed by atoms with E-state index in [9.17, 15) is 18.3 Å². The highest BCUT2D eigenvalue weighted by molar-refractivity contribution is 7.92. The Morgan fingerprint density at radius 2 is 1.85 bits per heavy atom. The van der Waals surface area contributed by atoms with Crippen LogP contribution in [0, 0.1) is 13.8 Å². The number of piperazine rings is 1. The summed E-state index contributed by atoms with van der Waals surface area (Å²) < 4.78 is 28.1. The number of anilines is 3. The van der Waals surface area contributed by atoms with Gasteiger partial charge in [0.15, 0.2) is 0 Å². The van der Waals surface area contributed by atoms with Gasteiger partial charge < -0.3 is 14.9 Å². The molecule has 0 bridgehead atoms. The minimum Gasteiger partial charge on any atom is -0.478 e. The molecule has 178 valence electrons. The second-order valence-electron chi connectivity index (χ2n) is 8.60. The molecule has 0 spiro atoms. The van der Waals surface area contributed by atoms with Gasteiger partial charge in [-0.05, 0) is 56.2 Å². The highest BCUT2D eigenvalue weighted by Crippen LogP contribution is 2.28. The van der Waals surface area contributed by atoms with E-state index in [0.717, 1.165) is 5.69 Å². The minimum atomic E-state index is -3.88. The first-order valence-corrected chi connectivity index (χ1v) is 12.5. The molecular formula is C25H28N4O4S. The molecule has 9 heteroatoms. The number of carboxylic acids is 1. The monoisotopic (exact) mass is 480 g/mol. The molecule has 0 unspecified atom stereocenters. The van der Waals surface area contributed by atoms with Gasteiger partial charge in [-0.1, -0.05) is 30.3 Å². The topological polar surface area (TPSA) is 103 Å². The lowest BCUT2D eigenvalue weighted by Crippen LogP contribution is -2.52. The predicted molar refractivity (Wildman–Crippen MR) is 133 cm³/mol. The van der Waals surface area contributed by atoms with E-state index in [0.29, 0.717) is 31.0 Å². The average Bonchev–Trinajstić information content (AvgIpc) is 2.79. The number of pyridine rings is 1. The van der Waals surface area contributed by atoms with Crippen LogP contribution in [-0.4, -0.2) is 50.2 Å². The van der Waals surface area contributed by atoms with Crippen molar-refractivity contribution in [1.29, 1.82) is 0 Å². The van der Waals surface area contributed by atoms with Crippen molar-refractivity contribution in [1.82, 2.24) is 4.98 Å². The van der Waals surface area contributed by atoms with Crippen LogP contribution < -0.4 is 14.5 Å². The van der Waals surface area contributed by atoms with E-state index in [-0.39, 0.29) is 22.2 Å². The van der Waals surface area contributed by atoms with Crippen LogP contribution in [0.3, 0.4) is 0 Å². The first-order valence-electron chi connectivity index (χ1n) is 11.1. The van der Waals surface area contributed by atoms with Crippen molar-refractivity contribution in [3.05, 3.63) is 77.5 Å². The van der Waals surface area contributed by atoms with Crippen LogP contribution in [0.15, 0.2) is 65.7 Å². The first kappa shape index (κ1) is 23.6. The lowest BCUT2D eigenvalue weighted by Gasteiger charge is -2.42. The fourth-order valence-corrected chi connectivity index (χ4v) is 5.61. The van der Waals surface area contributed by atoms with Gasteiger partial charge in [0.1, 0.15) is 11.4 Å². The van der Waals surface area contributed by atoms with Crippen molar-refractivity contribution in [3.8, 4) is 0 Å². The molecule has 2 aromatic carbocycles. The van der Waals surface area contributed by atoms with Crippen LogP contribution in [0.5, 0.6) is 0 Å². The number of hydrogen-bond acceptors (Lipinski definition) is 6. The number of rotatable bonds is 6. The van der Waals surface area contributed by atoms with Crippen molar-refractivity contribution in [3.63, 3.8) is 0 Å². The standard InChI is InChI=1S/C25H28N4O4S/c1-17-7-6-9-21(13-17)29-12-11-28(16-19(29)3)24-22(25(30)31)14-20(15-26-24)27-34(32,33)23-10-5-4-8-18(23)2/h4-10,13-15,19,27H,11-12,16H2,1-3H3,(H,30,31)/t19-/m0/s1. The molecule has 1 fully saturated rings. The summed E-state index contributed by atoms with van der Waals surface area (Å²) in [6.07, 6.45) is 1.37. The van der Waals surface area contributed by atoms with Gasteiger partial charge in [0.05, 0.1) is 16.8 Å². The number of hydrogen-bond donors (Lipinski definition) is 2. The van der Waals surface area contributed by atoms with Crippen molar-refractivity contribution < 1.29 is 18.3 Å². The maximum absolute atomic E-state index is 12.8. The van der Waals surface area contributed by atoms with Gasteiger partial charge >= 0.3 is 5.97 Å². The Bertz CT molecular complexity index is 1330. The fraction of sp³-hybridized carbons (Fsp3) is 0.280. The molecule has 0 amide bonds. The molecule has 1 atom stereocenters. The lowest BCUT2D eigenvalue weighted by molar-refractivity contribution is 0.0697. The third-order valence-corrected chi connectivity index (χ3v) is 7.53. The highest BCUT2D eigenvalue weighted by atomic mass is 32.2. The quantitative estimate of drug-likeness (QED) is 0.551. The Balaban J connectivity index is 1.57. The Kier molecular flexibility index (Phi) is 6.47. The van der Waals surface area contributed by atoms with Crippen LogP contribution in [0.2, 0.25) is 0 Å². The van der Waals surface area contributed by atoms with E-state index in [1.165, 1.54) is 23.9 Å². The van der Waals surface area contributed by atoms with Gasteiger partial charge in [0.25, 0.3) is 10.0 Å².